The lowest BCUT2D eigenvalue weighted by atomic mass is 10.3. The van der Waals surface area contributed by atoms with Gasteiger partial charge >= 0.3 is 0 Å². The first-order valence-corrected chi connectivity index (χ1v) is 5.54. The van der Waals surface area contributed by atoms with Crippen molar-refractivity contribution in [1.82, 2.24) is 10.6 Å². The standard InChI is InChI=1S/C12H15FN2O3/c13-10-2-4-11(5-3-10)18-8-12(17)15-7-1-6-14-9-16/h2-5,9H,1,6-8H2,(H,14,16)(H,15,17). The first-order chi connectivity index (χ1) is 8.72. The molecule has 0 aliphatic heterocycles. The van der Waals surface area contributed by atoms with E-state index in [0.29, 0.717) is 31.7 Å². The van der Waals surface area contributed by atoms with E-state index in [-0.39, 0.29) is 18.3 Å². The first kappa shape index (κ1) is 14.0. The van der Waals surface area contributed by atoms with Gasteiger partial charge in [-0.1, -0.05) is 0 Å². The van der Waals surface area contributed by atoms with Crippen molar-refractivity contribution in [3.63, 3.8) is 0 Å². The summed E-state index contributed by atoms with van der Waals surface area (Å²) in [6.07, 6.45) is 1.26. The van der Waals surface area contributed by atoms with Crippen molar-refractivity contribution in [2.24, 2.45) is 0 Å². The number of ether oxygens (including phenoxy) is 1. The van der Waals surface area contributed by atoms with Gasteiger partial charge in [0, 0.05) is 13.1 Å². The zero-order valence-corrected chi connectivity index (χ0v) is 9.82. The maximum absolute atomic E-state index is 12.6. The van der Waals surface area contributed by atoms with Crippen LogP contribution < -0.4 is 15.4 Å². The van der Waals surface area contributed by atoms with E-state index in [1.165, 1.54) is 24.3 Å². The molecule has 0 unspecified atom stereocenters. The molecular formula is C12H15FN2O3. The van der Waals surface area contributed by atoms with Gasteiger partial charge in [0.05, 0.1) is 0 Å². The van der Waals surface area contributed by atoms with Gasteiger partial charge in [0.25, 0.3) is 5.91 Å². The van der Waals surface area contributed by atoms with Gasteiger partial charge < -0.3 is 15.4 Å². The monoisotopic (exact) mass is 254 g/mol. The summed E-state index contributed by atoms with van der Waals surface area (Å²) in [5.74, 6) is -0.172. The van der Waals surface area contributed by atoms with Crippen molar-refractivity contribution >= 4 is 12.3 Å². The van der Waals surface area contributed by atoms with Crippen LogP contribution in [0, 0.1) is 5.82 Å². The summed E-state index contributed by atoms with van der Waals surface area (Å²) < 4.78 is 17.7. The Hall–Kier alpha value is -2.11. The number of amides is 2. The normalized spacial score (nSPS) is 9.61. The number of nitrogens with one attached hydrogen (secondary N) is 2. The lowest BCUT2D eigenvalue weighted by molar-refractivity contribution is -0.123. The molecule has 2 amide bonds. The first-order valence-electron chi connectivity index (χ1n) is 5.54. The van der Waals surface area contributed by atoms with Crippen LogP contribution in [0.1, 0.15) is 6.42 Å². The Kier molecular flexibility index (Phi) is 6.24. The van der Waals surface area contributed by atoms with Gasteiger partial charge in [-0.05, 0) is 30.7 Å². The van der Waals surface area contributed by atoms with E-state index in [0.717, 1.165) is 0 Å². The largest absolute Gasteiger partial charge is 0.484 e. The lowest BCUT2D eigenvalue weighted by Gasteiger charge is -2.07. The van der Waals surface area contributed by atoms with Gasteiger partial charge in [-0.15, -0.1) is 0 Å². The highest BCUT2D eigenvalue weighted by atomic mass is 19.1. The highest BCUT2D eigenvalue weighted by molar-refractivity contribution is 5.77. The Morgan fingerprint density at radius 2 is 2.00 bits per heavy atom. The summed E-state index contributed by atoms with van der Waals surface area (Å²) in [6, 6.07) is 5.43. The van der Waals surface area contributed by atoms with Crippen molar-refractivity contribution in [1.29, 1.82) is 0 Å². The molecule has 18 heavy (non-hydrogen) atoms. The average molecular weight is 254 g/mol. The molecule has 0 saturated heterocycles. The molecule has 5 nitrogen and oxygen atoms in total. The van der Waals surface area contributed by atoms with Crippen molar-refractivity contribution in [2.45, 2.75) is 6.42 Å². The smallest absolute Gasteiger partial charge is 0.257 e. The van der Waals surface area contributed by atoms with Crippen LogP contribution in [0.4, 0.5) is 4.39 Å². The molecule has 1 aromatic rings. The van der Waals surface area contributed by atoms with Gasteiger partial charge in [0.15, 0.2) is 6.61 Å². The van der Waals surface area contributed by atoms with Crippen molar-refractivity contribution < 1.29 is 18.7 Å². The van der Waals surface area contributed by atoms with Gasteiger partial charge in [-0.2, -0.15) is 0 Å². The lowest BCUT2D eigenvalue weighted by Crippen LogP contribution is -2.31. The molecule has 0 aliphatic rings. The van der Waals surface area contributed by atoms with Crippen LogP contribution in [-0.4, -0.2) is 32.0 Å². The van der Waals surface area contributed by atoms with Crippen molar-refractivity contribution in [2.75, 3.05) is 19.7 Å². The molecule has 0 spiro atoms. The Bertz CT molecular complexity index is 381. The molecular weight excluding hydrogens is 239 g/mol. The second-order valence-corrected chi connectivity index (χ2v) is 3.52. The Morgan fingerprint density at radius 3 is 2.67 bits per heavy atom. The fourth-order valence-corrected chi connectivity index (χ4v) is 1.21. The molecule has 0 atom stereocenters. The second-order valence-electron chi connectivity index (χ2n) is 3.52. The predicted molar refractivity (Wildman–Crippen MR) is 63.6 cm³/mol. The van der Waals surface area contributed by atoms with E-state index >= 15 is 0 Å². The van der Waals surface area contributed by atoms with Gasteiger partial charge in [-0.25, -0.2) is 4.39 Å². The van der Waals surface area contributed by atoms with Crippen LogP contribution in [0.25, 0.3) is 0 Å². The molecule has 0 bridgehead atoms. The average Bonchev–Trinajstić information content (AvgIpc) is 2.38. The van der Waals surface area contributed by atoms with Crippen molar-refractivity contribution in [3.8, 4) is 5.75 Å². The molecule has 0 radical (unpaired) electrons. The molecule has 98 valence electrons. The van der Waals surface area contributed by atoms with E-state index in [4.69, 9.17) is 4.74 Å². The summed E-state index contributed by atoms with van der Waals surface area (Å²) in [5.41, 5.74) is 0. The SMILES string of the molecule is O=CNCCCNC(=O)COc1ccc(F)cc1. The molecule has 0 aliphatic carbocycles. The molecule has 1 rings (SSSR count). The maximum Gasteiger partial charge on any atom is 0.257 e. The number of halogens is 1. The summed E-state index contributed by atoms with van der Waals surface area (Å²) in [7, 11) is 0. The second kappa shape index (κ2) is 8.05. The highest BCUT2D eigenvalue weighted by Gasteiger charge is 2.02. The summed E-state index contributed by atoms with van der Waals surface area (Å²) >= 11 is 0. The molecule has 1 aromatic carbocycles. The third-order valence-electron chi connectivity index (χ3n) is 2.09. The van der Waals surface area contributed by atoms with E-state index in [1.54, 1.807) is 0 Å². The Labute approximate surface area is 104 Å². The van der Waals surface area contributed by atoms with Crippen LogP contribution >= 0.6 is 0 Å². The van der Waals surface area contributed by atoms with Crippen LogP contribution in [0.2, 0.25) is 0 Å². The van der Waals surface area contributed by atoms with Crippen LogP contribution in [0.3, 0.4) is 0 Å². The molecule has 6 heteroatoms. The molecule has 0 aromatic heterocycles. The van der Waals surface area contributed by atoms with Crippen LogP contribution in [-0.2, 0) is 9.59 Å². The van der Waals surface area contributed by atoms with Gasteiger partial charge in [0.2, 0.25) is 6.41 Å². The quantitative estimate of drug-likeness (QED) is 0.523. The molecule has 0 saturated carbocycles. The van der Waals surface area contributed by atoms with Crippen LogP contribution in [0.15, 0.2) is 24.3 Å². The minimum atomic E-state index is -0.352. The van der Waals surface area contributed by atoms with Crippen LogP contribution in [0.5, 0.6) is 5.75 Å². The number of carbonyl (C=O) groups excluding carboxylic acids is 2. The molecule has 0 fully saturated rings. The van der Waals surface area contributed by atoms with Gasteiger partial charge in [-0.3, -0.25) is 9.59 Å². The third-order valence-corrected chi connectivity index (χ3v) is 2.09. The predicted octanol–water partition coefficient (Wildman–Crippen LogP) is 0.457. The Morgan fingerprint density at radius 1 is 1.28 bits per heavy atom. The summed E-state index contributed by atoms with van der Waals surface area (Å²) in [4.78, 5) is 21.3. The zero-order valence-electron chi connectivity index (χ0n) is 9.82. The van der Waals surface area contributed by atoms with Crippen molar-refractivity contribution in [3.05, 3.63) is 30.1 Å². The number of rotatable bonds is 8. The molecule has 0 heterocycles. The fraction of sp³-hybridized carbons (Fsp3) is 0.333. The minimum Gasteiger partial charge on any atom is -0.484 e. The summed E-state index contributed by atoms with van der Waals surface area (Å²) in [5, 5.41) is 5.12. The maximum atomic E-state index is 12.6. The highest BCUT2D eigenvalue weighted by Crippen LogP contribution is 2.10. The fourth-order valence-electron chi connectivity index (χ4n) is 1.21. The van der Waals surface area contributed by atoms with E-state index in [9.17, 15) is 14.0 Å². The minimum absolute atomic E-state index is 0.118. The number of hydrogen-bond acceptors (Lipinski definition) is 3. The number of carbonyl (C=O) groups is 2. The van der Waals surface area contributed by atoms with E-state index in [1.807, 2.05) is 0 Å². The van der Waals surface area contributed by atoms with E-state index in [2.05, 4.69) is 10.6 Å². The topological polar surface area (TPSA) is 67.4 Å². The number of benzene rings is 1. The third kappa shape index (κ3) is 5.83. The number of hydrogen-bond donors (Lipinski definition) is 2. The molecule has 2 N–H and O–H groups in total. The summed E-state index contributed by atoms with van der Waals surface area (Å²) in [6.45, 7) is 0.863. The Balaban J connectivity index is 2.13. The zero-order chi connectivity index (χ0) is 13.2. The van der Waals surface area contributed by atoms with Gasteiger partial charge in [0.1, 0.15) is 11.6 Å². The van der Waals surface area contributed by atoms with E-state index < -0.39 is 0 Å².